The third-order valence-electron chi connectivity index (χ3n) is 1.20. The predicted molar refractivity (Wildman–Crippen MR) is 47.4 cm³/mol. The van der Waals surface area contributed by atoms with E-state index in [0.717, 1.165) is 4.88 Å². The van der Waals surface area contributed by atoms with Crippen LogP contribution in [0.3, 0.4) is 0 Å². The summed E-state index contributed by atoms with van der Waals surface area (Å²) in [5.74, 6) is 0.0648. The van der Waals surface area contributed by atoms with Crippen LogP contribution >= 0.6 is 11.3 Å². The number of aliphatic imine (C=N–C) groups is 1. The van der Waals surface area contributed by atoms with Gasteiger partial charge in [-0.05, 0) is 11.4 Å². The van der Waals surface area contributed by atoms with Crippen LogP contribution in [0.5, 0.6) is 0 Å². The lowest BCUT2D eigenvalue weighted by molar-refractivity contribution is -0.111. The Bertz CT molecular complexity index is 251. The SMILES string of the molecule is CN=CC(=O)Cc1cccs1. The van der Waals surface area contributed by atoms with Crippen molar-refractivity contribution in [1.82, 2.24) is 0 Å². The van der Waals surface area contributed by atoms with Crippen molar-refractivity contribution in [1.29, 1.82) is 0 Å². The number of carbonyl (C=O) groups excluding carboxylic acids is 1. The van der Waals surface area contributed by atoms with Crippen LogP contribution in [0.1, 0.15) is 4.88 Å². The first-order valence-electron chi connectivity index (χ1n) is 3.30. The van der Waals surface area contributed by atoms with Crippen LogP contribution < -0.4 is 0 Å². The van der Waals surface area contributed by atoms with E-state index in [9.17, 15) is 4.79 Å². The van der Waals surface area contributed by atoms with Gasteiger partial charge in [-0.2, -0.15) is 0 Å². The fourth-order valence-electron chi connectivity index (χ4n) is 0.775. The van der Waals surface area contributed by atoms with E-state index < -0.39 is 0 Å². The fourth-order valence-corrected chi connectivity index (χ4v) is 1.49. The molecule has 0 bridgehead atoms. The van der Waals surface area contributed by atoms with Gasteiger partial charge in [0.1, 0.15) is 0 Å². The standard InChI is InChI=1S/C8H9NOS/c1-9-6-7(10)5-8-3-2-4-11-8/h2-4,6H,5H2,1H3. The zero-order valence-corrected chi connectivity index (χ0v) is 7.10. The highest BCUT2D eigenvalue weighted by Gasteiger charge is 1.99. The van der Waals surface area contributed by atoms with Crippen LogP contribution in [0.15, 0.2) is 22.5 Å². The Balaban J connectivity index is 2.50. The van der Waals surface area contributed by atoms with Gasteiger partial charge in [0.2, 0.25) is 0 Å². The molecule has 0 atom stereocenters. The summed E-state index contributed by atoms with van der Waals surface area (Å²) in [5, 5.41) is 1.96. The van der Waals surface area contributed by atoms with Crippen molar-refractivity contribution < 1.29 is 4.79 Å². The molecule has 3 heteroatoms. The smallest absolute Gasteiger partial charge is 0.178 e. The molecule has 0 aliphatic heterocycles. The van der Waals surface area contributed by atoms with E-state index in [1.54, 1.807) is 18.4 Å². The molecule has 0 aliphatic carbocycles. The minimum Gasteiger partial charge on any atom is -0.293 e. The number of thiophene rings is 1. The molecule has 0 amide bonds. The van der Waals surface area contributed by atoms with Crippen LogP contribution in [0.4, 0.5) is 0 Å². The van der Waals surface area contributed by atoms with E-state index >= 15 is 0 Å². The van der Waals surface area contributed by atoms with Crippen molar-refractivity contribution in [2.24, 2.45) is 4.99 Å². The lowest BCUT2D eigenvalue weighted by atomic mass is 10.2. The second-order valence-corrected chi connectivity index (χ2v) is 3.14. The summed E-state index contributed by atoms with van der Waals surface area (Å²) >= 11 is 1.59. The van der Waals surface area contributed by atoms with Crippen molar-refractivity contribution >= 4 is 23.3 Å². The Labute approximate surface area is 69.6 Å². The van der Waals surface area contributed by atoms with Gasteiger partial charge in [-0.3, -0.25) is 9.79 Å². The van der Waals surface area contributed by atoms with Gasteiger partial charge in [-0.1, -0.05) is 6.07 Å². The van der Waals surface area contributed by atoms with E-state index in [0.29, 0.717) is 6.42 Å². The average molecular weight is 167 g/mol. The van der Waals surface area contributed by atoms with E-state index in [2.05, 4.69) is 4.99 Å². The van der Waals surface area contributed by atoms with Crippen molar-refractivity contribution in [3.8, 4) is 0 Å². The second-order valence-electron chi connectivity index (χ2n) is 2.11. The van der Waals surface area contributed by atoms with Gasteiger partial charge in [-0.25, -0.2) is 0 Å². The normalized spacial score (nSPS) is 10.6. The van der Waals surface area contributed by atoms with Crippen LogP contribution in [-0.2, 0) is 11.2 Å². The molecule has 1 aromatic heterocycles. The monoisotopic (exact) mass is 167 g/mol. The molecular formula is C8H9NOS. The Kier molecular flexibility index (Phi) is 2.98. The molecule has 0 radical (unpaired) electrons. The molecule has 2 nitrogen and oxygen atoms in total. The summed E-state index contributed by atoms with van der Waals surface area (Å²) in [4.78, 5) is 15.7. The van der Waals surface area contributed by atoms with Crippen molar-refractivity contribution in [3.63, 3.8) is 0 Å². The molecule has 0 unspecified atom stereocenters. The molecule has 0 aromatic carbocycles. The highest BCUT2D eigenvalue weighted by atomic mass is 32.1. The zero-order chi connectivity index (χ0) is 8.10. The molecule has 0 N–H and O–H groups in total. The number of hydrogen-bond donors (Lipinski definition) is 0. The largest absolute Gasteiger partial charge is 0.293 e. The van der Waals surface area contributed by atoms with Crippen LogP contribution in [-0.4, -0.2) is 19.0 Å². The van der Waals surface area contributed by atoms with Gasteiger partial charge in [0, 0.05) is 18.3 Å². The maximum atomic E-state index is 11.0. The zero-order valence-electron chi connectivity index (χ0n) is 6.28. The highest BCUT2D eigenvalue weighted by Crippen LogP contribution is 2.08. The third kappa shape index (κ3) is 2.63. The molecule has 1 rings (SSSR count). The number of ketones is 1. The molecule has 0 aliphatic rings. The Morgan fingerprint density at radius 1 is 1.82 bits per heavy atom. The molecule has 0 saturated carbocycles. The van der Waals surface area contributed by atoms with E-state index in [1.807, 2.05) is 17.5 Å². The minimum atomic E-state index is 0.0648. The topological polar surface area (TPSA) is 29.4 Å². The Morgan fingerprint density at radius 2 is 2.64 bits per heavy atom. The molecule has 1 aromatic rings. The lowest BCUT2D eigenvalue weighted by Gasteiger charge is -1.88. The van der Waals surface area contributed by atoms with Gasteiger partial charge >= 0.3 is 0 Å². The van der Waals surface area contributed by atoms with Crippen LogP contribution in [0.2, 0.25) is 0 Å². The third-order valence-corrected chi connectivity index (χ3v) is 2.08. The Hall–Kier alpha value is -0.960. The molecule has 11 heavy (non-hydrogen) atoms. The van der Waals surface area contributed by atoms with E-state index in [-0.39, 0.29) is 5.78 Å². The summed E-state index contributed by atoms with van der Waals surface area (Å²) in [6, 6.07) is 3.89. The molecule has 58 valence electrons. The van der Waals surface area contributed by atoms with Crippen LogP contribution in [0, 0.1) is 0 Å². The average Bonchev–Trinajstić information content (AvgIpc) is 2.40. The molecular weight excluding hydrogens is 158 g/mol. The maximum absolute atomic E-state index is 11.0. The first-order valence-corrected chi connectivity index (χ1v) is 4.18. The quantitative estimate of drug-likeness (QED) is 0.628. The highest BCUT2D eigenvalue weighted by molar-refractivity contribution is 7.10. The molecule has 0 spiro atoms. The fraction of sp³-hybridized carbons (Fsp3) is 0.250. The summed E-state index contributed by atoms with van der Waals surface area (Å²) < 4.78 is 0. The van der Waals surface area contributed by atoms with E-state index in [1.165, 1.54) is 6.21 Å². The minimum absolute atomic E-state index is 0.0648. The Morgan fingerprint density at radius 3 is 3.18 bits per heavy atom. The number of hydrogen-bond acceptors (Lipinski definition) is 3. The summed E-state index contributed by atoms with van der Waals surface area (Å²) in [6.07, 6.45) is 1.84. The van der Waals surface area contributed by atoms with Crippen molar-refractivity contribution in [3.05, 3.63) is 22.4 Å². The molecule has 1 heterocycles. The summed E-state index contributed by atoms with van der Waals surface area (Å²) in [6.45, 7) is 0. The van der Waals surface area contributed by atoms with Gasteiger partial charge in [0.15, 0.2) is 5.78 Å². The van der Waals surface area contributed by atoms with Crippen molar-refractivity contribution in [2.45, 2.75) is 6.42 Å². The molecule has 0 fully saturated rings. The maximum Gasteiger partial charge on any atom is 0.178 e. The molecule has 0 saturated heterocycles. The predicted octanol–water partition coefficient (Wildman–Crippen LogP) is 1.56. The van der Waals surface area contributed by atoms with Gasteiger partial charge in [-0.15, -0.1) is 11.3 Å². The second kappa shape index (κ2) is 4.03. The number of rotatable bonds is 3. The summed E-state index contributed by atoms with van der Waals surface area (Å²) in [5.41, 5.74) is 0. The number of carbonyl (C=O) groups is 1. The lowest BCUT2D eigenvalue weighted by Crippen LogP contribution is -2.01. The van der Waals surface area contributed by atoms with Gasteiger partial charge in [0.25, 0.3) is 0 Å². The summed E-state index contributed by atoms with van der Waals surface area (Å²) in [7, 11) is 1.60. The van der Waals surface area contributed by atoms with E-state index in [4.69, 9.17) is 0 Å². The van der Waals surface area contributed by atoms with Crippen molar-refractivity contribution in [2.75, 3.05) is 7.05 Å². The first kappa shape index (κ1) is 8.14. The van der Waals surface area contributed by atoms with Crippen LogP contribution in [0.25, 0.3) is 0 Å². The first-order chi connectivity index (χ1) is 5.33. The number of Topliss-reactive ketones (excluding diaryl/α,β-unsaturated/α-hetero) is 1. The van der Waals surface area contributed by atoms with Gasteiger partial charge in [0.05, 0.1) is 6.21 Å². The number of nitrogens with zero attached hydrogens (tertiary/aromatic N) is 1. The van der Waals surface area contributed by atoms with Gasteiger partial charge < -0.3 is 0 Å².